The molecule has 5 nitrogen and oxygen atoms in total. The van der Waals surface area contributed by atoms with E-state index in [1.807, 2.05) is 13.8 Å². The molecular weight excluding hydrogens is 366 g/mol. The van der Waals surface area contributed by atoms with Gasteiger partial charge in [0.05, 0.1) is 16.3 Å². The Kier molecular flexibility index (Phi) is 8.70. The van der Waals surface area contributed by atoms with Crippen LogP contribution in [0, 0.1) is 18.8 Å². The number of guanidine groups is 1. The van der Waals surface area contributed by atoms with Gasteiger partial charge in [-0.05, 0) is 32.4 Å². The summed E-state index contributed by atoms with van der Waals surface area (Å²) in [4.78, 5) is 5.64. The molecule has 2 rings (SSSR count). The van der Waals surface area contributed by atoms with Crippen molar-refractivity contribution in [2.75, 3.05) is 0 Å². The Morgan fingerprint density at radius 3 is 2.46 bits per heavy atom. The summed E-state index contributed by atoms with van der Waals surface area (Å²) in [6.07, 6.45) is 7.35. The number of nitrogens with zero attached hydrogens (tertiary/aromatic N) is 3. The summed E-state index contributed by atoms with van der Waals surface area (Å²) in [5.41, 5.74) is 14.4. The number of aryl methyl sites for hydroxylation is 1. The number of benzene rings is 1. The fourth-order valence-corrected chi connectivity index (χ4v) is 3.72. The van der Waals surface area contributed by atoms with Gasteiger partial charge < -0.3 is 11.5 Å². The Labute approximate surface area is 172 Å². The molecule has 2 aromatic rings. The third-order valence-corrected chi connectivity index (χ3v) is 5.53. The Hall–Kier alpha value is -2.65. The largest absolute Gasteiger partial charge is 0.369 e. The lowest BCUT2D eigenvalue weighted by atomic mass is 10.1. The molecule has 28 heavy (non-hydrogen) atoms. The van der Waals surface area contributed by atoms with Gasteiger partial charge in [-0.2, -0.15) is 5.10 Å². The van der Waals surface area contributed by atoms with Gasteiger partial charge >= 0.3 is 0 Å². The standard InChI is InChI=1S/C22H29N5S/c1-4-5-6-7-8-9-10-11-18-12-14-19(15-13-18)21-25-16(2)20(28-21)17(3)26-27-22(23)24/h12-15H,4-9H2,1-3H3,(H4,23,24,27)/b26-17-. The Morgan fingerprint density at radius 2 is 1.79 bits per heavy atom. The monoisotopic (exact) mass is 395 g/mol. The molecular formula is C22H29N5S. The van der Waals surface area contributed by atoms with E-state index in [0.717, 1.165) is 38.8 Å². The lowest BCUT2D eigenvalue weighted by molar-refractivity contribution is 0.641. The minimum Gasteiger partial charge on any atom is -0.369 e. The van der Waals surface area contributed by atoms with E-state index in [-0.39, 0.29) is 5.96 Å². The van der Waals surface area contributed by atoms with Crippen LogP contribution >= 0.6 is 11.3 Å². The summed E-state index contributed by atoms with van der Waals surface area (Å²) in [6, 6.07) is 8.23. The summed E-state index contributed by atoms with van der Waals surface area (Å²) < 4.78 is 0. The zero-order chi connectivity index (χ0) is 20.4. The lowest BCUT2D eigenvalue weighted by Gasteiger charge is -1.97. The zero-order valence-electron chi connectivity index (χ0n) is 17.0. The van der Waals surface area contributed by atoms with Crippen molar-refractivity contribution in [3.8, 4) is 22.4 Å². The first kappa shape index (κ1) is 21.6. The van der Waals surface area contributed by atoms with E-state index in [9.17, 15) is 0 Å². The van der Waals surface area contributed by atoms with Gasteiger partial charge in [0.15, 0.2) is 0 Å². The van der Waals surface area contributed by atoms with Gasteiger partial charge in [-0.25, -0.2) is 4.98 Å². The molecule has 0 spiro atoms. The smallest absolute Gasteiger partial charge is 0.211 e. The highest BCUT2D eigenvalue weighted by molar-refractivity contribution is 7.17. The molecule has 4 N–H and O–H groups in total. The number of aromatic nitrogens is 1. The SMILES string of the molecule is CCCCCCCC#Cc1ccc(-c2nc(C)c(/C(C)=N\N=C(N)N)s2)cc1. The van der Waals surface area contributed by atoms with Gasteiger partial charge in [-0.1, -0.05) is 56.6 Å². The minimum absolute atomic E-state index is 0.0561. The Balaban J connectivity index is 2.01. The molecule has 1 aromatic carbocycles. The Morgan fingerprint density at radius 1 is 1.07 bits per heavy atom. The zero-order valence-corrected chi connectivity index (χ0v) is 17.8. The van der Waals surface area contributed by atoms with Crippen molar-refractivity contribution < 1.29 is 0 Å². The van der Waals surface area contributed by atoms with E-state index in [1.165, 1.54) is 32.1 Å². The third kappa shape index (κ3) is 6.82. The molecule has 148 valence electrons. The molecule has 0 amide bonds. The van der Waals surface area contributed by atoms with Gasteiger partial charge in [0, 0.05) is 17.5 Å². The van der Waals surface area contributed by atoms with Gasteiger partial charge in [0.25, 0.3) is 0 Å². The quantitative estimate of drug-likeness (QED) is 0.221. The highest BCUT2D eigenvalue weighted by atomic mass is 32.1. The number of rotatable bonds is 8. The number of thiazole rings is 1. The van der Waals surface area contributed by atoms with Crippen molar-refractivity contribution in [1.29, 1.82) is 0 Å². The molecule has 1 aromatic heterocycles. The van der Waals surface area contributed by atoms with Gasteiger partial charge in [0.1, 0.15) is 5.01 Å². The van der Waals surface area contributed by atoms with Gasteiger partial charge in [-0.3, -0.25) is 0 Å². The van der Waals surface area contributed by atoms with Crippen LogP contribution < -0.4 is 11.5 Å². The van der Waals surface area contributed by atoms with Crippen LogP contribution in [0.15, 0.2) is 34.5 Å². The predicted molar refractivity (Wildman–Crippen MR) is 121 cm³/mol. The second kappa shape index (κ2) is 11.3. The summed E-state index contributed by atoms with van der Waals surface area (Å²) >= 11 is 1.58. The second-order valence-corrected chi connectivity index (χ2v) is 7.69. The van der Waals surface area contributed by atoms with E-state index >= 15 is 0 Å². The minimum atomic E-state index is -0.0561. The fourth-order valence-electron chi connectivity index (χ4n) is 2.71. The Bertz CT molecular complexity index is 878. The summed E-state index contributed by atoms with van der Waals surface area (Å²) in [7, 11) is 0. The fraction of sp³-hybridized carbons (Fsp3) is 0.409. The van der Waals surface area contributed by atoms with Crippen molar-refractivity contribution >= 4 is 23.0 Å². The summed E-state index contributed by atoms with van der Waals surface area (Å²) in [5.74, 6) is 6.47. The van der Waals surface area contributed by atoms with Crippen molar-refractivity contribution in [1.82, 2.24) is 4.98 Å². The maximum atomic E-state index is 5.34. The van der Waals surface area contributed by atoms with E-state index in [4.69, 9.17) is 11.5 Å². The first-order valence-electron chi connectivity index (χ1n) is 9.71. The van der Waals surface area contributed by atoms with Crippen molar-refractivity contribution in [2.45, 2.75) is 59.3 Å². The van der Waals surface area contributed by atoms with Crippen LogP contribution in [-0.2, 0) is 0 Å². The molecule has 0 aliphatic rings. The van der Waals surface area contributed by atoms with Gasteiger partial charge in [0.2, 0.25) is 5.96 Å². The van der Waals surface area contributed by atoms with E-state index < -0.39 is 0 Å². The molecule has 0 aliphatic carbocycles. The van der Waals surface area contributed by atoms with Crippen molar-refractivity contribution in [2.24, 2.45) is 21.7 Å². The third-order valence-electron chi connectivity index (χ3n) is 4.21. The van der Waals surface area contributed by atoms with Crippen LogP contribution in [0.5, 0.6) is 0 Å². The highest BCUT2D eigenvalue weighted by Crippen LogP contribution is 2.28. The first-order valence-corrected chi connectivity index (χ1v) is 10.5. The first-order chi connectivity index (χ1) is 13.5. The molecule has 0 radical (unpaired) electrons. The topological polar surface area (TPSA) is 89.6 Å². The average molecular weight is 396 g/mol. The maximum absolute atomic E-state index is 5.34. The highest BCUT2D eigenvalue weighted by Gasteiger charge is 2.12. The van der Waals surface area contributed by atoms with Crippen LogP contribution in [0.1, 0.15) is 68.5 Å². The normalized spacial score (nSPS) is 11.0. The number of nitrogens with two attached hydrogens (primary N) is 2. The molecule has 0 bridgehead atoms. The lowest BCUT2D eigenvalue weighted by Crippen LogP contribution is -2.22. The molecule has 0 atom stereocenters. The van der Waals surface area contributed by atoms with E-state index in [1.54, 1.807) is 11.3 Å². The van der Waals surface area contributed by atoms with Crippen molar-refractivity contribution in [3.63, 3.8) is 0 Å². The second-order valence-electron chi connectivity index (χ2n) is 6.69. The molecule has 0 saturated carbocycles. The molecule has 1 heterocycles. The van der Waals surface area contributed by atoms with Gasteiger partial charge in [-0.15, -0.1) is 16.4 Å². The summed E-state index contributed by atoms with van der Waals surface area (Å²) in [6.45, 7) is 6.07. The maximum Gasteiger partial charge on any atom is 0.211 e. The van der Waals surface area contributed by atoms with Crippen LogP contribution in [-0.4, -0.2) is 16.7 Å². The molecule has 0 unspecified atom stereocenters. The van der Waals surface area contributed by atoms with Crippen LogP contribution in [0.25, 0.3) is 10.6 Å². The molecule has 0 fully saturated rings. The number of hydrogen-bond acceptors (Lipinski definition) is 4. The number of hydrogen-bond donors (Lipinski definition) is 2. The molecule has 6 heteroatoms. The van der Waals surface area contributed by atoms with E-state index in [2.05, 4.69) is 58.2 Å². The van der Waals surface area contributed by atoms with Crippen LogP contribution in [0.4, 0.5) is 0 Å². The van der Waals surface area contributed by atoms with Crippen LogP contribution in [0.2, 0.25) is 0 Å². The molecule has 0 aliphatic heterocycles. The average Bonchev–Trinajstić information content (AvgIpc) is 3.07. The predicted octanol–water partition coefficient (Wildman–Crippen LogP) is 4.83. The molecule has 0 saturated heterocycles. The van der Waals surface area contributed by atoms with Crippen molar-refractivity contribution in [3.05, 3.63) is 40.4 Å². The van der Waals surface area contributed by atoms with E-state index in [0.29, 0.717) is 0 Å². The summed E-state index contributed by atoms with van der Waals surface area (Å²) in [5, 5.41) is 8.71. The number of unbranched alkanes of at least 4 members (excludes halogenated alkanes) is 5. The van der Waals surface area contributed by atoms with Crippen LogP contribution in [0.3, 0.4) is 0 Å².